The number of hydrogen-bond donors (Lipinski definition) is 1. The molecule has 0 fully saturated rings. The number of nitrogens with one attached hydrogen (secondary N) is 1. The molecule has 0 aromatic carbocycles. The van der Waals surface area contributed by atoms with Gasteiger partial charge in [0.05, 0.1) is 6.21 Å². The van der Waals surface area contributed by atoms with E-state index in [0.717, 1.165) is 0 Å². The lowest BCUT2D eigenvalue weighted by Crippen LogP contribution is -2.19. The van der Waals surface area contributed by atoms with Crippen LogP contribution in [0.2, 0.25) is 0 Å². The Balaban J connectivity index is 2.62. The smallest absolute Gasteiger partial charge is 0.263 e. The quantitative estimate of drug-likeness (QED) is 0.437. The van der Waals surface area contributed by atoms with Gasteiger partial charge in [-0.2, -0.15) is 5.10 Å². The Hall–Kier alpha value is -0.570. The highest BCUT2D eigenvalue weighted by atomic mass is 35.5. The van der Waals surface area contributed by atoms with Crippen molar-refractivity contribution in [2.75, 3.05) is 0 Å². The van der Waals surface area contributed by atoms with Crippen molar-refractivity contribution in [2.45, 2.75) is 5.38 Å². The zero-order valence-corrected chi connectivity index (χ0v) is 4.14. The van der Waals surface area contributed by atoms with Crippen molar-refractivity contribution in [2.24, 2.45) is 5.10 Å². The molecule has 1 rings (SSSR count). The number of nitrogens with zero attached hydrogens (tertiary/aromatic N) is 1. The third-order valence-corrected chi connectivity index (χ3v) is 0.942. The average molecular weight is 119 g/mol. The lowest BCUT2D eigenvalue weighted by Gasteiger charge is -1.85. The molecule has 1 aliphatic rings. The monoisotopic (exact) mass is 118 g/mol. The first-order chi connectivity index (χ1) is 3.30. The molecule has 1 unspecified atom stereocenters. The zero-order valence-electron chi connectivity index (χ0n) is 3.39. The van der Waals surface area contributed by atoms with E-state index in [0.29, 0.717) is 0 Å². The van der Waals surface area contributed by atoms with Gasteiger partial charge in [0.15, 0.2) is 5.38 Å². The van der Waals surface area contributed by atoms with Gasteiger partial charge in [-0.1, -0.05) is 0 Å². The first kappa shape index (κ1) is 4.59. The fraction of sp³-hybridized carbons (Fsp3) is 0.333. The van der Waals surface area contributed by atoms with Crippen LogP contribution < -0.4 is 5.43 Å². The lowest BCUT2D eigenvalue weighted by atomic mass is 10.5. The summed E-state index contributed by atoms with van der Waals surface area (Å²) in [5.41, 5.74) is 2.17. The summed E-state index contributed by atoms with van der Waals surface area (Å²) in [5, 5.41) is 2.83. The van der Waals surface area contributed by atoms with Crippen molar-refractivity contribution < 1.29 is 4.79 Å². The van der Waals surface area contributed by atoms with Gasteiger partial charge in [0.2, 0.25) is 0 Å². The SMILES string of the molecule is O=C1NN=CC1Cl. The van der Waals surface area contributed by atoms with Gasteiger partial charge >= 0.3 is 0 Å². The molecule has 1 N–H and O–H groups in total. The molecule has 0 saturated heterocycles. The minimum atomic E-state index is -0.556. The van der Waals surface area contributed by atoms with E-state index < -0.39 is 5.38 Å². The summed E-state index contributed by atoms with van der Waals surface area (Å²) >= 11 is 5.30. The summed E-state index contributed by atoms with van der Waals surface area (Å²) in [6, 6.07) is 0. The van der Waals surface area contributed by atoms with Gasteiger partial charge in [-0.3, -0.25) is 4.79 Å². The molecule has 0 bridgehead atoms. The van der Waals surface area contributed by atoms with Crippen LogP contribution in [0.3, 0.4) is 0 Å². The summed E-state index contributed by atoms with van der Waals surface area (Å²) in [4.78, 5) is 10.2. The van der Waals surface area contributed by atoms with Crippen molar-refractivity contribution in [1.82, 2.24) is 5.43 Å². The minimum Gasteiger partial charge on any atom is -0.271 e. The van der Waals surface area contributed by atoms with Crippen LogP contribution in [0.4, 0.5) is 0 Å². The van der Waals surface area contributed by atoms with Crippen molar-refractivity contribution in [3.8, 4) is 0 Å². The number of carbonyl (C=O) groups excluding carboxylic acids is 1. The predicted molar refractivity (Wildman–Crippen MR) is 26.3 cm³/mol. The third-order valence-electron chi connectivity index (χ3n) is 0.631. The van der Waals surface area contributed by atoms with Crippen LogP contribution in [-0.4, -0.2) is 17.5 Å². The Morgan fingerprint density at radius 3 is 2.86 bits per heavy atom. The summed E-state index contributed by atoms with van der Waals surface area (Å²) in [6.45, 7) is 0. The Bertz CT molecular complexity index is 122. The zero-order chi connectivity index (χ0) is 5.28. The molecule has 1 amide bonds. The summed E-state index contributed by atoms with van der Waals surface area (Å²) < 4.78 is 0. The topological polar surface area (TPSA) is 41.5 Å². The summed E-state index contributed by atoms with van der Waals surface area (Å²) in [7, 11) is 0. The van der Waals surface area contributed by atoms with Crippen molar-refractivity contribution in [3.05, 3.63) is 0 Å². The van der Waals surface area contributed by atoms with E-state index in [9.17, 15) is 4.79 Å². The largest absolute Gasteiger partial charge is 0.271 e. The number of carbonyl (C=O) groups is 1. The molecule has 0 aromatic rings. The van der Waals surface area contributed by atoms with Crippen LogP contribution in [0.25, 0.3) is 0 Å². The molecule has 4 heteroatoms. The highest BCUT2D eigenvalue weighted by Gasteiger charge is 2.15. The molecule has 1 atom stereocenters. The first-order valence-electron chi connectivity index (χ1n) is 1.78. The van der Waals surface area contributed by atoms with Crippen molar-refractivity contribution in [3.63, 3.8) is 0 Å². The molecule has 0 spiro atoms. The first-order valence-corrected chi connectivity index (χ1v) is 2.21. The van der Waals surface area contributed by atoms with Gasteiger partial charge in [0.1, 0.15) is 0 Å². The second-order valence-corrected chi connectivity index (χ2v) is 1.63. The van der Waals surface area contributed by atoms with Gasteiger partial charge in [-0.05, 0) is 0 Å². The van der Waals surface area contributed by atoms with Gasteiger partial charge in [-0.15, -0.1) is 11.6 Å². The highest BCUT2D eigenvalue weighted by Crippen LogP contribution is 1.95. The van der Waals surface area contributed by atoms with E-state index in [1.165, 1.54) is 6.21 Å². The maximum absolute atomic E-state index is 10.2. The van der Waals surface area contributed by atoms with E-state index in [1.807, 2.05) is 0 Å². The van der Waals surface area contributed by atoms with Gasteiger partial charge in [-0.25, -0.2) is 5.43 Å². The summed E-state index contributed by atoms with van der Waals surface area (Å²) in [6.07, 6.45) is 1.35. The number of alkyl halides is 1. The molecule has 0 aliphatic carbocycles. The van der Waals surface area contributed by atoms with Gasteiger partial charge in [0.25, 0.3) is 5.91 Å². The normalized spacial score (nSPS) is 28.1. The van der Waals surface area contributed by atoms with E-state index in [4.69, 9.17) is 11.6 Å². The standard InChI is InChI=1S/C3H3ClN2O/c4-2-1-5-6-3(2)7/h1-2H,(H,6,7). The van der Waals surface area contributed by atoms with E-state index in [2.05, 4.69) is 10.5 Å². The number of hydrogen-bond acceptors (Lipinski definition) is 2. The highest BCUT2D eigenvalue weighted by molar-refractivity contribution is 6.40. The Kier molecular flexibility index (Phi) is 0.982. The molecule has 7 heavy (non-hydrogen) atoms. The number of hydrazone groups is 1. The molecular weight excluding hydrogens is 115 g/mol. The number of rotatable bonds is 0. The molecule has 3 nitrogen and oxygen atoms in total. The van der Waals surface area contributed by atoms with E-state index in [-0.39, 0.29) is 5.91 Å². The molecule has 1 aliphatic heterocycles. The Morgan fingerprint density at radius 2 is 2.71 bits per heavy atom. The Labute approximate surface area is 45.3 Å². The molecular formula is C3H3ClN2O. The fourth-order valence-electron chi connectivity index (χ4n) is 0.296. The molecule has 1 heterocycles. The number of amides is 1. The predicted octanol–water partition coefficient (Wildman–Crippen LogP) is -0.291. The van der Waals surface area contributed by atoms with Crippen LogP contribution in [0, 0.1) is 0 Å². The second kappa shape index (κ2) is 1.50. The van der Waals surface area contributed by atoms with Crippen LogP contribution >= 0.6 is 11.6 Å². The molecule has 0 radical (unpaired) electrons. The van der Waals surface area contributed by atoms with E-state index >= 15 is 0 Å². The van der Waals surface area contributed by atoms with Crippen molar-refractivity contribution >= 4 is 23.7 Å². The maximum atomic E-state index is 10.2. The molecule has 0 saturated carbocycles. The van der Waals surface area contributed by atoms with Crippen molar-refractivity contribution in [1.29, 1.82) is 0 Å². The van der Waals surface area contributed by atoms with E-state index in [1.54, 1.807) is 0 Å². The van der Waals surface area contributed by atoms with Crippen LogP contribution in [0.5, 0.6) is 0 Å². The average Bonchev–Trinajstić information content (AvgIpc) is 1.91. The van der Waals surface area contributed by atoms with Crippen LogP contribution in [0.1, 0.15) is 0 Å². The molecule has 0 aromatic heterocycles. The third kappa shape index (κ3) is 0.718. The second-order valence-electron chi connectivity index (χ2n) is 1.16. The van der Waals surface area contributed by atoms with Crippen LogP contribution in [-0.2, 0) is 4.79 Å². The number of halogens is 1. The maximum Gasteiger partial charge on any atom is 0.263 e. The van der Waals surface area contributed by atoms with Crippen LogP contribution in [0.15, 0.2) is 5.10 Å². The lowest BCUT2D eigenvalue weighted by molar-refractivity contribution is -0.118. The Morgan fingerprint density at radius 1 is 2.00 bits per heavy atom. The fourth-order valence-corrected chi connectivity index (χ4v) is 0.401. The minimum absolute atomic E-state index is 0.248. The van der Waals surface area contributed by atoms with Gasteiger partial charge in [0, 0.05) is 0 Å². The molecule has 38 valence electrons. The van der Waals surface area contributed by atoms with Gasteiger partial charge < -0.3 is 0 Å². The summed E-state index contributed by atoms with van der Waals surface area (Å²) in [5.74, 6) is -0.248.